The molecule has 0 radical (unpaired) electrons. The number of rotatable bonds is 4. The molecule has 0 bridgehead atoms. The third kappa shape index (κ3) is 3.19. The Bertz CT molecular complexity index is 647. The first-order valence-corrected chi connectivity index (χ1v) is 6.30. The van der Waals surface area contributed by atoms with Crippen LogP contribution < -0.4 is 5.32 Å². The van der Waals surface area contributed by atoms with E-state index in [1.807, 2.05) is 0 Å². The highest BCUT2D eigenvalue weighted by atomic mass is 35.5. The Kier molecular flexibility index (Phi) is 4.10. The van der Waals surface area contributed by atoms with Crippen LogP contribution in [0.25, 0.3) is 0 Å². The lowest BCUT2D eigenvalue weighted by atomic mass is 10.3. The minimum absolute atomic E-state index is 0.0525. The van der Waals surface area contributed by atoms with E-state index in [9.17, 15) is 9.59 Å². The summed E-state index contributed by atoms with van der Waals surface area (Å²) in [6.45, 7) is 1.70. The summed E-state index contributed by atoms with van der Waals surface area (Å²) >= 11 is 5.76. The number of halogens is 1. The van der Waals surface area contributed by atoms with E-state index in [1.54, 1.807) is 37.3 Å². The Morgan fingerprint density at radius 2 is 1.85 bits per heavy atom. The number of nitrogens with one attached hydrogen (secondary N) is 1. The van der Waals surface area contributed by atoms with Crippen LogP contribution in [0.5, 0.6) is 0 Å². The molecule has 6 heteroatoms. The van der Waals surface area contributed by atoms with Gasteiger partial charge in [-0.15, -0.1) is 0 Å². The van der Waals surface area contributed by atoms with Gasteiger partial charge in [-0.1, -0.05) is 11.6 Å². The largest absolute Gasteiger partial charge is 0.477 e. The van der Waals surface area contributed by atoms with Crippen molar-refractivity contribution in [2.24, 2.45) is 0 Å². The number of carboxylic acids is 1. The van der Waals surface area contributed by atoms with Gasteiger partial charge in [-0.05, 0) is 43.3 Å². The molecule has 0 atom stereocenters. The highest BCUT2D eigenvalue weighted by Crippen LogP contribution is 2.14. The average molecular weight is 293 g/mol. The van der Waals surface area contributed by atoms with Crippen molar-refractivity contribution in [2.75, 3.05) is 5.32 Å². The predicted molar refractivity (Wildman–Crippen MR) is 76.2 cm³/mol. The molecule has 1 amide bonds. The zero-order valence-electron chi connectivity index (χ0n) is 10.8. The van der Waals surface area contributed by atoms with Gasteiger partial charge < -0.3 is 15.0 Å². The number of nitrogens with zero attached hydrogens (tertiary/aromatic N) is 1. The third-order valence-corrected chi connectivity index (χ3v) is 3.10. The summed E-state index contributed by atoms with van der Waals surface area (Å²) in [7, 11) is 0. The molecule has 1 aromatic heterocycles. The molecule has 1 aromatic carbocycles. The number of amides is 1. The summed E-state index contributed by atoms with van der Waals surface area (Å²) in [4.78, 5) is 23.0. The van der Waals surface area contributed by atoms with Crippen LogP contribution in [0.3, 0.4) is 0 Å². The maximum Gasteiger partial charge on any atom is 0.352 e. The first-order valence-electron chi connectivity index (χ1n) is 5.92. The number of hydrogen-bond donors (Lipinski definition) is 2. The van der Waals surface area contributed by atoms with Gasteiger partial charge in [-0.25, -0.2) is 4.79 Å². The Hall–Kier alpha value is -2.27. The SMILES string of the molecule is Cc1ccc(C(=O)O)n1CC(=O)Nc1ccc(Cl)cc1. The summed E-state index contributed by atoms with van der Waals surface area (Å²) in [5, 5.41) is 12.3. The van der Waals surface area contributed by atoms with Crippen LogP contribution in [-0.4, -0.2) is 21.6 Å². The van der Waals surface area contributed by atoms with Crippen LogP contribution in [0, 0.1) is 6.92 Å². The lowest BCUT2D eigenvalue weighted by molar-refractivity contribution is -0.116. The van der Waals surface area contributed by atoms with E-state index >= 15 is 0 Å². The summed E-state index contributed by atoms with van der Waals surface area (Å²) < 4.78 is 1.45. The van der Waals surface area contributed by atoms with Crippen molar-refractivity contribution in [3.8, 4) is 0 Å². The number of carbonyl (C=O) groups is 2. The maximum atomic E-state index is 11.9. The van der Waals surface area contributed by atoms with Gasteiger partial charge >= 0.3 is 5.97 Å². The molecule has 0 spiro atoms. The Labute approximate surface area is 120 Å². The molecule has 0 unspecified atom stereocenters. The maximum absolute atomic E-state index is 11.9. The van der Waals surface area contributed by atoms with Crippen molar-refractivity contribution in [1.82, 2.24) is 4.57 Å². The number of anilines is 1. The topological polar surface area (TPSA) is 71.3 Å². The number of benzene rings is 1. The standard InChI is InChI=1S/C14H13ClN2O3/c1-9-2-7-12(14(19)20)17(9)8-13(18)16-11-5-3-10(15)4-6-11/h2-7H,8H2,1H3,(H,16,18)(H,19,20). The molecule has 0 aliphatic carbocycles. The van der Waals surface area contributed by atoms with Crippen LogP contribution in [0.4, 0.5) is 5.69 Å². The fourth-order valence-electron chi connectivity index (χ4n) is 1.84. The van der Waals surface area contributed by atoms with E-state index in [4.69, 9.17) is 16.7 Å². The van der Waals surface area contributed by atoms with Crippen LogP contribution in [0.1, 0.15) is 16.2 Å². The van der Waals surface area contributed by atoms with E-state index in [2.05, 4.69) is 5.32 Å². The molecular formula is C14H13ClN2O3. The molecule has 0 saturated carbocycles. The van der Waals surface area contributed by atoms with Gasteiger partial charge in [-0.2, -0.15) is 0 Å². The van der Waals surface area contributed by atoms with Gasteiger partial charge in [0.2, 0.25) is 5.91 Å². The van der Waals surface area contributed by atoms with Crippen LogP contribution in [-0.2, 0) is 11.3 Å². The molecular weight excluding hydrogens is 280 g/mol. The highest BCUT2D eigenvalue weighted by molar-refractivity contribution is 6.30. The zero-order chi connectivity index (χ0) is 14.7. The van der Waals surface area contributed by atoms with Gasteiger partial charge in [-0.3, -0.25) is 4.79 Å². The fraction of sp³-hybridized carbons (Fsp3) is 0.143. The van der Waals surface area contributed by atoms with Crippen molar-refractivity contribution in [1.29, 1.82) is 0 Å². The predicted octanol–water partition coefficient (Wildman–Crippen LogP) is 2.79. The molecule has 2 rings (SSSR count). The van der Waals surface area contributed by atoms with Crippen molar-refractivity contribution in [2.45, 2.75) is 13.5 Å². The summed E-state index contributed by atoms with van der Waals surface area (Å²) in [5.74, 6) is -1.36. The number of aryl methyl sites for hydroxylation is 1. The Morgan fingerprint density at radius 3 is 2.45 bits per heavy atom. The number of carboxylic acid groups (broad SMARTS) is 1. The van der Waals surface area contributed by atoms with Crippen molar-refractivity contribution >= 4 is 29.2 Å². The average Bonchev–Trinajstić information content (AvgIpc) is 2.74. The van der Waals surface area contributed by atoms with Crippen LogP contribution >= 0.6 is 11.6 Å². The zero-order valence-corrected chi connectivity index (χ0v) is 11.5. The van der Waals surface area contributed by atoms with Gasteiger partial charge in [0.15, 0.2) is 0 Å². The second-order valence-electron chi connectivity index (χ2n) is 4.31. The molecule has 1 heterocycles. The smallest absolute Gasteiger partial charge is 0.352 e. The lowest BCUT2D eigenvalue weighted by Gasteiger charge is -2.10. The Balaban J connectivity index is 2.10. The fourth-order valence-corrected chi connectivity index (χ4v) is 1.97. The Morgan fingerprint density at radius 1 is 1.20 bits per heavy atom. The van der Waals surface area contributed by atoms with E-state index in [0.717, 1.165) is 0 Å². The van der Waals surface area contributed by atoms with Gasteiger partial charge in [0.25, 0.3) is 0 Å². The first-order chi connectivity index (χ1) is 9.47. The monoisotopic (exact) mass is 292 g/mol. The molecule has 2 aromatic rings. The molecule has 0 aliphatic heterocycles. The lowest BCUT2D eigenvalue weighted by Crippen LogP contribution is -2.22. The quantitative estimate of drug-likeness (QED) is 0.910. The summed E-state index contributed by atoms with van der Waals surface area (Å²) in [6, 6.07) is 9.84. The van der Waals surface area contributed by atoms with Gasteiger partial charge in [0.1, 0.15) is 12.2 Å². The first kappa shape index (κ1) is 14.1. The minimum atomic E-state index is -1.06. The van der Waals surface area contributed by atoms with E-state index in [-0.39, 0.29) is 18.1 Å². The number of carbonyl (C=O) groups excluding carboxylic acids is 1. The molecule has 5 nitrogen and oxygen atoms in total. The molecule has 0 fully saturated rings. The van der Waals surface area contributed by atoms with Crippen molar-refractivity contribution in [3.63, 3.8) is 0 Å². The van der Waals surface area contributed by atoms with E-state index in [0.29, 0.717) is 16.4 Å². The van der Waals surface area contributed by atoms with Crippen molar-refractivity contribution < 1.29 is 14.7 Å². The third-order valence-electron chi connectivity index (χ3n) is 2.85. The van der Waals surface area contributed by atoms with Crippen LogP contribution in [0.15, 0.2) is 36.4 Å². The number of aromatic nitrogens is 1. The summed E-state index contributed by atoms with van der Waals surface area (Å²) in [5.41, 5.74) is 1.42. The highest BCUT2D eigenvalue weighted by Gasteiger charge is 2.14. The molecule has 0 aliphatic rings. The van der Waals surface area contributed by atoms with E-state index < -0.39 is 5.97 Å². The van der Waals surface area contributed by atoms with Crippen molar-refractivity contribution in [3.05, 3.63) is 52.8 Å². The normalized spacial score (nSPS) is 10.3. The molecule has 0 saturated heterocycles. The molecule has 2 N–H and O–H groups in total. The number of hydrogen-bond acceptors (Lipinski definition) is 2. The van der Waals surface area contributed by atoms with Gasteiger partial charge in [0, 0.05) is 16.4 Å². The molecule has 20 heavy (non-hydrogen) atoms. The molecule has 104 valence electrons. The van der Waals surface area contributed by atoms with Gasteiger partial charge in [0.05, 0.1) is 0 Å². The second-order valence-corrected chi connectivity index (χ2v) is 4.74. The summed E-state index contributed by atoms with van der Waals surface area (Å²) in [6.07, 6.45) is 0. The minimum Gasteiger partial charge on any atom is -0.477 e. The van der Waals surface area contributed by atoms with Crippen LogP contribution in [0.2, 0.25) is 5.02 Å². The second kappa shape index (κ2) is 5.79. The number of aromatic carboxylic acids is 1. The van der Waals surface area contributed by atoms with E-state index in [1.165, 1.54) is 10.6 Å².